The Morgan fingerprint density at radius 3 is 2.55 bits per heavy atom. The molecule has 20 heavy (non-hydrogen) atoms. The fraction of sp³-hybridized carbons (Fsp3) is 0.294. The third-order valence-corrected chi connectivity index (χ3v) is 3.90. The fourth-order valence-corrected chi connectivity index (χ4v) is 2.63. The molecular formula is C17H18ClFO. The molecule has 0 aliphatic heterocycles. The van der Waals surface area contributed by atoms with Crippen molar-refractivity contribution in [2.75, 3.05) is 7.11 Å². The Bertz CT molecular complexity index is 610. The van der Waals surface area contributed by atoms with E-state index < -0.39 is 5.38 Å². The summed E-state index contributed by atoms with van der Waals surface area (Å²) < 4.78 is 19.2. The molecule has 106 valence electrons. The Kier molecular flexibility index (Phi) is 4.66. The van der Waals surface area contributed by atoms with E-state index in [1.165, 1.54) is 24.3 Å². The fourth-order valence-electron chi connectivity index (χ4n) is 2.24. The van der Waals surface area contributed by atoms with E-state index in [0.717, 1.165) is 5.56 Å². The molecule has 1 nitrogen and oxygen atoms in total. The Hall–Kier alpha value is -1.54. The first-order chi connectivity index (χ1) is 9.52. The number of hydrogen-bond donors (Lipinski definition) is 0. The van der Waals surface area contributed by atoms with Crippen LogP contribution in [0.5, 0.6) is 5.75 Å². The topological polar surface area (TPSA) is 9.23 Å². The number of alkyl halides is 1. The van der Waals surface area contributed by atoms with Gasteiger partial charge in [-0.25, -0.2) is 4.39 Å². The molecule has 0 saturated heterocycles. The first-order valence-corrected chi connectivity index (χ1v) is 6.99. The average Bonchev–Trinajstić information content (AvgIpc) is 2.42. The first-order valence-electron chi connectivity index (χ1n) is 6.55. The standard InChI is InChI=1S/C17H18ClFO/c1-11-7-8-13(9-12(11)2)10-14(18)17-15(19)5-4-6-16(17)20-3/h4-9,14H,10H2,1-3H3. The Morgan fingerprint density at radius 1 is 1.15 bits per heavy atom. The number of methoxy groups -OCH3 is 1. The Labute approximate surface area is 124 Å². The third-order valence-electron chi connectivity index (χ3n) is 3.53. The number of aryl methyl sites for hydroxylation is 2. The third kappa shape index (κ3) is 3.13. The molecule has 0 heterocycles. The van der Waals surface area contributed by atoms with E-state index in [1.807, 2.05) is 6.07 Å². The van der Waals surface area contributed by atoms with E-state index in [-0.39, 0.29) is 5.82 Å². The molecule has 0 aromatic heterocycles. The van der Waals surface area contributed by atoms with Crippen molar-refractivity contribution < 1.29 is 9.13 Å². The second kappa shape index (κ2) is 6.27. The van der Waals surface area contributed by atoms with E-state index in [2.05, 4.69) is 26.0 Å². The summed E-state index contributed by atoms with van der Waals surface area (Å²) in [5.41, 5.74) is 3.98. The molecule has 0 bridgehead atoms. The summed E-state index contributed by atoms with van der Waals surface area (Å²) >= 11 is 6.40. The number of halogens is 2. The molecule has 0 N–H and O–H groups in total. The maximum atomic E-state index is 14.0. The predicted molar refractivity (Wildman–Crippen MR) is 81.2 cm³/mol. The van der Waals surface area contributed by atoms with Gasteiger partial charge in [0.1, 0.15) is 11.6 Å². The number of ether oxygens (including phenoxy) is 1. The summed E-state index contributed by atoms with van der Waals surface area (Å²) in [6, 6.07) is 11.0. The highest BCUT2D eigenvalue weighted by atomic mass is 35.5. The van der Waals surface area contributed by atoms with Crippen molar-refractivity contribution in [3.05, 3.63) is 64.5 Å². The van der Waals surface area contributed by atoms with E-state index in [4.69, 9.17) is 16.3 Å². The summed E-state index contributed by atoms with van der Waals surface area (Å²) in [6.07, 6.45) is 0.569. The molecule has 1 unspecified atom stereocenters. The van der Waals surface area contributed by atoms with Crippen LogP contribution in [0.1, 0.15) is 27.6 Å². The lowest BCUT2D eigenvalue weighted by atomic mass is 9.99. The molecule has 0 aliphatic rings. The number of hydrogen-bond acceptors (Lipinski definition) is 1. The van der Waals surface area contributed by atoms with Crippen LogP contribution in [0.25, 0.3) is 0 Å². The van der Waals surface area contributed by atoms with Gasteiger partial charge < -0.3 is 4.74 Å². The summed E-state index contributed by atoms with van der Waals surface area (Å²) in [4.78, 5) is 0. The Morgan fingerprint density at radius 2 is 1.90 bits per heavy atom. The lowest BCUT2D eigenvalue weighted by molar-refractivity contribution is 0.403. The van der Waals surface area contributed by atoms with Crippen LogP contribution >= 0.6 is 11.6 Å². The molecule has 0 aliphatic carbocycles. The van der Waals surface area contributed by atoms with Gasteiger partial charge in [0, 0.05) is 5.56 Å². The van der Waals surface area contributed by atoms with Gasteiger partial charge in [0.2, 0.25) is 0 Å². The molecule has 2 rings (SSSR count). The lowest BCUT2D eigenvalue weighted by Gasteiger charge is -2.15. The second-order valence-corrected chi connectivity index (χ2v) is 5.47. The largest absolute Gasteiger partial charge is 0.496 e. The molecule has 1 atom stereocenters. The first kappa shape index (κ1) is 14.9. The summed E-state index contributed by atoms with van der Waals surface area (Å²) in [5, 5.41) is -0.451. The van der Waals surface area contributed by atoms with Crippen molar-refractivity contribution in [3.8, 4) is 5.75 Å². The van der Waals surface area contributed by atoms with Crippen LogP contribution in [0.15, 0.2) is 36.4 Å². The molecule has 2 aromatic carbocycles. The van der Waals surface area contributed by atoms with Crippen LogP contribution in [0.3, 0.4) is 0 Å². The maximum Gasteiger partial charge on any atom is 0.131 e. The molecule has 0 saturated carbocycles. The lowest BCUT2D eigenvalue weighted by Crippen LogP contribution is -2.02. The van der Waals surface area contributed by atoms with Crippen molar-refractivity contribution >= 4 is 11.6 Å². The predicted octanol–water partition coefficient (Wildman–Crippen LogP) is 4.97. The van der Waals surface area contributed by atoms with Crippen LogP contribution in [-0.4, -0.2) is 7.11 Å². The molecule has 0 fully saturated rings. The van der Waals surface area contributed by atoms with Crippen molar-refractivity contribution in [1.82, 2.24) is 0 Å². The minimum atomic E-state index is -0.451. The van der Waals surface area contributed by atoms with E-state index >= 15 is 0 Å². The average molecular weight is 293 g/mol. The summed E-state index contributed by atoms with van der Waals surface area (Å²) in [5.74, 6) is 0.169. The smallest absolute Gasteiger partial charge is 0.131 e. The van der Waals surface area contributed by atoms with Gasteiger partial charge >= 0.3 is 0 Å². The van der Waals surface area contributed by atoms with Crippen molar-refractivity contribution in [2.24, 2.45) is 0 Å². The number of rotatable bonds is 4. The highest BCUT2D eigenvalue weighted by Crippen LogP contribution is 2.34. The quantitative estimate of drug-likeness (QED) is 0.723. The highest BCUT2D eigenvalue weighted by Gasteiger charge is 2.18. The zero-order valence-corrected chi connectivity index (χ0v) is 12.7. The van der Waals surface area contributed by atoms with Crippen LogP contribution in [0.2, 0.25) is 0 Å². The summed E-state index contributed by atoms with van der Waals surface area (Å²) in [7, 11) is 1.53. The van der Waals surface area contributed by atoms with Crippen molar-refractivity contribution in [2.45, 2.75) is 25.6 Å². The van der Waals surface area contributed by atoms with Crippen LogP contribution in [-0.2, 0) is 6.42 Å². The van der Waals surface area contributed by atoms with E-state index in [9.17, 15) is 4.39 Å². The molecule has 0 spiro atoms. The molecule has 0 radical (unpaired) electrons. The molecule has 2 aromatic rings. The van der Waals surface area contributed by atoms with Crippen LogP contribution in [0.4, 0.5) is 4.39 Å². The van der Waals surface area contributed by atoms with Gasteiger partial charge in [0.15, 0.2) is 0 Å². The van der Waals surface area contributed by atoms with Gasteiger partial charge in [-0.1, -0.05) is 24.3 Å². The summed E-state index contributed by atoms with van der Waals surface area (Å²) in [6.45, 7) is 4.13. The van der Waals surface area contributed by atoms with Crippen LogP contribution < -0.4 is 4.74 Å². The number of benzene rings is 2. The van der Waals surface area contributed by atoms with Gasteiger partial charge in [-0.05, 0) is 49.1 Å². The van der Waals surface area contributed by atoms with Crippen molar-refractivity contribution in [1.29, 1.82) is 0 Å². The van der Waals surface area contributed by atoms with Gasteiger partial charge in [0.05, 0.1) is 12.5 Å². The Balaban J connectivity index is 2.28. The monoisotopic (exact) mass is 292 g/mol. The SMILES string of the molecule is COc1cccc(F)c1C(Cl)Cc1ccc(C)c(C)c1. The van der Waals surface area contributed by atoms with E-state index in [1.54, 1.807) is 12.1 Å². The molecule has 3 heteroatoms. The van der Waals surface area contributed by atoms with Gasteiger partial charge in [-0.3, -0.25) is 0 Å². The van der Waals surface area contributed by atoms with Gasteiger partial charge in [-0.15, -0.1) is 11.6 Å². The molecular weight excluding hydrogens is 275 g/mol. The van der Waals surface area contributed by atoms with Gasteiger partial charge in [0.25, 0.3) is 0 Å². The molecule has 0 amide bonds. The highest BCUT2D eigenvalue weighted by molar-refractivity contribution is 6.21. The van der Waals surface area contributed by atoms with E-state index in [0.29, 0.717) is 17.7 Å². The zero-order chi connectivity index (χ0) is 14.7. The van der Waals surface area contributed by atoms with Gasteiger partial charge in [-0.2, -0.15) is 0 Å². The second-order valence-electron chi connectivity index (χ2n) is 4.95. The van der Waals surface area contributed by atoms with Crippen LogP contribution in [0, 0.1) is 19.7 Å². The maximum absolute atomic E-state index is 14.0. The minimum absolute atomic E-state index is 0.326. The van der Waals surface area contributed by atoms with Crippen molar-refractivity contribution in [3.63, 3.8) is 0 Å². The minimum Gasteiger partial charge on any atom is -0.496 e. The normalized spacial score (nSPS) is 12.2. The zero-order valence-electron chi connectivity index (χ0n) is 11.9.